The highest BCUT2D eigenvalue weighted by Crippen LogP contribution is 2.35. The number of nitrogens with zero attached hydrogens (tertiary/aromatic N) is 2. The zero-order chi connectivity index (χ0) is 22.2. The maximum Gasteiger partial charge on any atom is 0.225 e. The van der Waals surface area contributed by atoms with Crippen LogP contribution in [0.5, 0.6) is 0 Å². The van der Waals surface area contributed by atoms with E-state index in [1.165, 1.54) is 24.8 Å². The number of halogens is 1. The van der Waals surface area contributed by atoms with Gasteiger partial charge in [0.1, 0.15) is 0 Å². The van der Waals surface area contributed by atoms with Crippen LogP contribution in [0.15, 0.2) is 35.3 Å². The number of guanidine groups is 1. The number of ether oxygens (including phenoxy) is 1. The normalized spacial score (nSPS) is 23.6. The second-order valence-corrected chi connectivity index (χ2v) is 9.70. The molecule has 7 heteroatoms. The van der Waals surface area contributed by atoms with E-state index in [1.54, 1.807) is 0 Å². The van der Waals surface area contributed by atoms with Gasteiger partial charge < -0.3 is 20.3 Å². The third-order valence-corrected chi connectivity index (χ3v) is 7.52. The number of rotatable bonds is 6. The van der Waals surface area contributed by atoms with Crippen LogP contribution < -0.4 is 10.6 Å². The molecule has 0 spiro atoms. The van der Waals surface area contributed by atoms with Crippen molar-refractivity contribution in [3.63, 3.8) is 0 Å². The fourth-order valence-corrected chi connectivity index (χ4v) is 5.52. The molecule has 1 amide bonds. The standard InChI is InChI=1S/C26H40N4O2.HI/c1-2-27-25(28-20-26(14-17-32-18-15-26)22-11-7-4-8-12-22)29-23-13-16-30(19-23)24(31)21-9-5-3-6-10-21;/h4,7-8,11-12,21,23H,2-3,5-6,9-10,13-20H2,1H3,(H2,27,28,29);1H. The molecule has 2 saturated heterocycles. The Kier molecular flexibility index (Phi) is 10.3. The monoisotopic (exact) mass is 568 g/mol. The average molecular weight is 569 g/mol. The van der Waals surface area contributed by atoms with Crippen LogP contribution in [-0.2, 0) is 14.9 Å². The first-order valence-electron chi connectivity index (χ1n) is 12.7. The fourth-order valence-electron chi connectivity index (χ4n) is 5.52. The summed E-state index contributed by atoms with van der Waals surface area (Å²) >= 11 is 0. The van der Waals surface area contributed by atoms with Crippen LogP contribution in [0.4, 0.5) is 0 Å². The molecule has 2 aliphatic heterocycles. The van der Waals surface area contributed by atoms with Gasteiger partial charge in [-0.15, -0.1) is 24.0 Å². The van der Waals surface area contributed by atoms with Gasteiger partial charge in [-0.1, -0.05) is 49.6 Å². The van der Waals surface area contributed by atoms with Crippen molar-refractivity contribution in [3.05, 3.63) is 35.9 Å². The van der Waals surface area contributed by atoms with Crippen LogP contribution in [0.3, 0.4) is 0 Å². The van der Waals surface area contributed by atoms with E-state index in [2.05, 4.69) is 52.8 Å². The van der Waals surface area contributed by atoms with E-state index in [4.69, 9.17) is 9.73 Å². The lowest BCUT2D eigenvalue weighted by molar-refractivity contribution is -0.135. The van der Waals surface area contributed by atoms with Gasteiger partial charge in [0.2, 0.25) is 5.91 Å². The smallest absolute Gasteiger partial charge is 0.225 e. The van der Waals surface area contributed by atoms with Gasteiger partial charge in [-0.3, -0.25) is 9.79 Å². The number of nitrogens with one attached hydrogen (secondary N) is 2. The van der Waals surface area contributed by atoms with Gasteiger partial charge >= 0.3 is 0 Å². The van der Waals surface area contributed by atoms with Crippen molar-refractivity contribution in [2.24, 2.45) is 10.9 Å². The summed E-state index contributed by atoms with van der Waals surface area (Å²) in [5.41, 5.74) is 1.38. The Labute approximate surface area is 216 Å². The van der Waals surface area contributed by atoms with Gasteiger partial charge in [0, 0.05) is 50.2 Å². The van der Waals surface area contributed by atoms with E-state index in [9.17, 15) is 4.79 Å². The maximum atomic E-state index is 12.9. The number of hydrogen-bond acceptors (Lipinski definition) is 3. The summed E-state index contributed by atoms with van der Waals surface area (Å²) in [4.78, 5) is 20.1. The molecular formula is C26H41IN4O2. The van der Waals surface area contributed by atoms with Crippen molar-refractivity contribution in [1.82, 2.24) is 15.5 Å². The van der Waals surface area contributed by atoms with Gasteiger partial charge in [-0.05, 0) is 44.6 Å². The third kappa shape index (κ3) is 6.84. The SMILES string of the molecule is CCNC(=NCC1(c2ccccc2)CCOCC1)NC1CCN(C(=O)C2CCCCC2)C1.I. The number of likely N-dealkylation sites (tertiary alicyclic amines) is 1. The van der Waals surface area contributed by atoms with Gasteiger partial charge in [0.25, 0.3) is 0 Å². The number of carbonyl (C=O) groups excluding carboxylic acids is 1. The first-order chi connectivity index (χ1) is 15.7. The predicted octanol–water partition coefficient (Wildman–Crippen LogP) is 4.09. The molecule has 3 fully saturated rings. The summed E-state index contributed by atoms with van der Waals surface area (Å²) < 4.78 is 5.68. The second-order valence-electron chi connectivity index (χ2n) is 9.70. The van der Waals surface area contributed by atoms with E-state index < -0.39 is 0 Å². The van der Waals surface area contributed by atoms with Crippen molar-refractivity contribution in [1.29, 1.82) is 0 Å². The summed E-state index contributed by atoms with van der Waals surface area (Å²) in [6.07, 6.45) is 8.81. The summed E-state index contributed by atoms with van der Waals surface area (Å²) in [6, 6.07) is 11.0. The Morgan fingerprint density at radius 3 is 2.55 bits per heavy atom. The van der Waals surface area contributed by atoms with Crippen LogP contribution in [0, 0.1) is 5.92 Å². The molecule has 4 rings (SSSR count). The number of benzene rings is 1. The molecule has 1 aromatic carbocycles. The molecule has 33 heavy (non-hydrogen) atoms. The molecular weight excluding hydrogens is 527 g/mol. The van der Waals surface area contributed by atoms with Crippen LogP contribution in [0.2, 0.25) is 0 Å². The molecule has 184 valence electrons. The van der Waals surface area contributed by atoms with E-state index in [0.717, 1.165) is 77.5 Å². The molecule has 0 bridgehead atoms. The fraction of sp³-hybridized carbons (Fsp3) is 0.692. The molecule has 6 nitrogen and oxygen atoms in total. The molecule has 2 N–H and O–H groups in total. The van der Waals surface area contributed by atoms with E-state index in [0.29, 0.717) is 5.91 Å². The van der Waals surface area contributed by atoms with E-state index in [-0.39, 0.29) is 41.4 Å². The summed E-state index contributed by atoms with van der Waals surface area (Å²) in [5.74, 6) is 1.50. The Hall–Kier alpha value is -1.35. The molecule has 1 atom stereocenters. The Bertz CT molecular complexity index is 761. The summed E-state index contributed by atoms with van der Waals surface area (Å²) in [5, 5.41) is 7.06. The highest BCUT2D eigenvalue weighted by atomic mass is 127. The highest BCUT2D eigenvalue weighted by Gasteiger charge is 2.35. The van der Waals surface area contributed by atoms with Gasteiger partial charge in [0.05, 0.1) is 6.54 Å². The lowest BCUT2D eigenvalue weighted by Gasteiger charge is -2.36. The quantitative estimate of drug-likeness (QED) is 0.309. The molecule has 1 unspecified atom stereocenters. The number of hydrogen-bond donors (Lipinski definition) is 2. The largest absolute Gasteiger partial charge is 0.381 e. The van der Waals surface area contributed by atoms with Crippen molar-refractivity contribution in [2.45, 2.75) is 69.7 Å². The lowest BCUT2D eigenvalue weighted by Crippen LogP contribution is -2.46. The summed E-state index contributed by atoms with van der Waals surface area (Å²) in [6.45, 7) is 6.89. The number of carbonyl (C=O) groups is 1. The molecule has 1 saturated carbocycles. The minimum Gasteiger partial charge on any atom is -0.381 e. The van der Waals surface area contributed by atoms with Crippen LogP contribution in [0.1, 0.15) is 63.9 Å². The van der Waals surface area contributed by atoms with Crippen LogP contribution >= 0.6 is 24.0 Å². The molecule has 0 aromatic heterocycles. The van der Waals surface area contributed by atoms with Crippen molar-refractivity contribution >= 4 is 35.8 Å². The van der Waals surface area contributed by atoms with Crippen molar-refractivity contribution in [3.8, 4) is 0 Å². The van der Waals surface area contributed by atoms with E-state index in [1.807, 2.05) is 0 Å². The summed E-state index contributed by atoms with van der Waals surface area (Å²) in [7, 11) is 0. The first-order valence-corrected chi connectivity index (χ1v) is 12.7. The zero-order valence-electron chi connectivity index (χ0n) is 20.1. The van der Waals surface area contributed by atoms with Crippen molar-refractivity contribution in [2.75, 3.05) is 39.4 Å². The Morgan fingerprint density at radius 1 is 1.12 bits per heavy atom. The molecule has 1 aromatic rings. The average Bonchev–Trinajstić information content (AvgIpc) is 3.32. The van der Waals surface area contributed by atoms with Crippen LogP contribution in [-0.4, -0.2) is 62.2 Å². The number of amides is 1. The third-order valence-electron chi connectivity index (χ3n) is 7.52. The van der Waals surface area contributed by atoms with Crippen LogP contribution in [0.25, 0.3) is 0 Å². The van der Waals surface area contributed by atoms with Crippen molar-refractivity contribution < 1.29 is 9.53 Å². The second kappa shape index (κ2) is 12.9. The minimum absolute atomic E-state index is 0. The highest BCUT2D eigenvalue weighted by molar-refractivity contribution is 14.0. The molecule has 3 aliphatic rings. The van der Waals surface area contributed by atoms with Gasteiger partial charge in [-0.25, -0.2) is 0 Å². The Morgan fingerprint density at radius 2 is 1.85 bits per heavy atom. The Balaban J connectivity index is 0.00000306. The van der Waals surface area contributed by atoms with E-state index >= 15 is 0 Å². The maximum absolute atomic E-state index is 12.9. The number of aliphatic imine (C=N–C) groups is 1. The van der Waals surface area contributed by atoms with Gasteiger partial charge in [0.15, 0.2) is 5.96 Å². The molecule has 1 aliphatic carbocycles. The minimum atomic E-state index is 0. The first kappa shape index (κ1) is 26.3. The topological polar surface area (TPSA) is 66.0 Å². The molecule has 0 radical (unpaired) electrons. The predicted molar refractivity (Wildman–Crippen MR) is 144 cm³/mol. The molecule has 2 heterocycles. The lowest BCUT2D eigenvalue weighted by atomic mass is 9.74. The zero-order valence-corrected chi connectivity index (χ0v) is 22.4. The van der Waals surface area contributed by atoms with Gasteiger partial charge in [-0.2, -0.15) is 0 Å².